The number of fused-ring (bicyclic) bond motifs is 1. The third-order valence-corrected chi connectivity index (χ3v) is 6.51. The van der Waals surface area contributed by atoms with Crippen molar-refractivity contribution in [2.24, 2.45) is 5.92 Å². The molecule has 0 saturated carbocycles. The number of thiocarbonyl (C=S) groups is 1. The van der Waals surface area contributed by atoms with Gasteiger partial charge in [-0.2, -0.15) is 0 Å². The van der Waals surface area contributed by atoms with Crippen molar-refractivity contribution >= 4 is 51.7 Å². The lowest BCUT2D eigenvalue weighted by Gasteiger charge is -2.17. The molecule has 3 nitrogen and oxygen atoms in total. The van der Waals surface area contributed by atoms with Crippen molar-refractivity contribution in [2.75, 3.05) is 18.5 Å². The van der Waals surface area contributed by atoms with E-state index in [1.165, 1.54) is 16.7 Å². The average molecular weight is 351 g/mol. The molecule has 2 aliphatic heterocycles. The third kappa shape index (κ3) is 2.79. The molecule has 3 rings (SSSR count). The van der Waals surface area contributed by atoms with E-state index in [1.807, 2.05) is 19.2 Å². The first-order valence-electron chi connectivity index (χ1n) is 7.27. The molecule has 1 saturated heterocycles. The van der Waals surface area contributed by atoms with Crippen LogP contribution in [-0.4, -0.2) is 28.7 Å². The summed E-state index contributed by atoms with van der Waals surface area (Å²) >= 11 is 8.49. The maximum absolute atomic E-state index is 12.7. The van der Waals surface area contributed by atoms with E-state index in [-0.39, 0.29) is 5.91 Å². The summed E-state index contributed by atoms with van der Waals surface area (Å²) in [5.41, 5.74) is 1.15. The Kier molecular flexibility index (Phi) is 4.52. The lowest BCUT2D eigenvalue weighted by atomic mass is 10.1. The molecule has 0 aliphatic carbocycles. The van der Waals surface area contributed by atoms with Crippen molar-refractivity contribution < 1.29 is 4.79 Å². The second kappa shape index (κ2) is 6.26. The minimum absolute atomic E-state index is 0.0535. The van der Waals surface area contributed by atoms with E-state index in [0.717, 1.165) is 22.0 Å². The Labute approximate surface area is 145 Å². The lowest BCUT2D eigenvalue weighted by molar-refractivity contribution is -0.122. The molecular weight excluding hydrogens is 332 g/mol. The molecule has 1 fully saturated rings. The number of carbonyl (C=O) groups excluding carboxylic acids is 1. The molecular formula is C16H18N2OS3. The van der Waals surface area contributed by atoms with E-state index < -0.39 is 0 Å². The molecule has 116 valence electrons. The van der Waals surface area contributed by atoms with Crippen LogP contribution in [0.25, 0.3) is 0 Å². The normalized spacial score (nSPS) is 21.3. The van der Waals surface area contributed by atoms with E-state index in [0.29, 0.717) is 16.8 Å². The highest BCUT2D eigenvalue weighted by atomic mass is 32.2. The zero-order valence-corrected chi connectivity index (χ0v) is 15.3. The number of rotatable bonds is 3. The molecule has 0 bridgehead atoms. The molecule has 2 aliphatic rings. The van der Waals surface area contributed by atoms with Gasteiger partial charge >= 0.3 is 0 Å². The monoisotopic (exact) mass is 350 g/mol. The highest BCUT2D eigenvalue weighted by molar-refractivity contribution is 8.27. The molecule has 0 radical (unpaired) electrons. The number of hydrogen-bond acceptors (Lipinski definition) is 5. The number of benzene rings is 1. The highest BCUT2D eigenvalue weighted by Crippen LogP contribution is 2.49. The van der Waals surface area contributed by atoms with Crippen molar-refractivity contribution in [3.8, 4) is 0 Å². The van der Waals surface area contributed by atoms with Crippen LogP contribution in [0, 0.1) is 5.92 Å². The molecule has 0 atom stereocenters. The number of amides is 1. The molecule has 1 aromatic rings. The number of nitrogens with zero attached hydrogens (tertiary/aromatic N) is 2. The molecule has 0 unspecified atom stereocenters. The van der Waals surface area contributed by atoms with E-state index in [1.54, 1.807) is 16.7 Å². The van der Waals surface area contributed by atoms with E-state index in [9.17, 15) is 4.79 Å². The number of thioether (sulfide) groups is 2. The van der Waals surface area contributed by atoms with Gasteiger partial charge in [-0.1, -0.05) is 61.7 Å². The zero-order chi connectivity index (χ0) is 15.9. The molecule has 2 heterocycles. The topological polar surface area (TPSA) is 23.6 Å². The van der Waals surface area contributed by atoms with Gasteiger partial charge < -0.3 is 4.90 Å². The quantitative estimate of drug-likeness (QED) is 0.597. The van der Waals surface area contributed by atoms with Crippen LogP contribution >= 0.6 is 35.7 Å². The minimum atomic E-state index is 0.0535. The van der Waals surface area contributed by atoms with Crippen LogP contribution in [0.5, 0.6) is 0 Å². The third-order valence-electron chi connectivity index (χ3n) is 3.71. The van der Waals surface area contributed by atoms with Crippen molar-refractivity contribution in [1.82, 2.24) is 4.90 Å². The number of para-hydroxylation sites is 1. The Morgan fingerprint density at radius 1 is 1.23 bits per heavy atom. The van der Waals surface area contributed by atoms with Crippen LogP contribution in [0.2, 0.25) is 0 Å². The fraction of sp³-hybridized carbons (Fsp3) is 0.375. The number of anilines is 1. The Morgan fingerprint density at radius 2 is 1.95 bits per heavy atom. The lowest BCUT2D eigenvalue weighted by Crippen LogP contribution is -2.30. The van der Waals surface area contributed by atoms with Crippen molar-refractivity contribution in [1.29, 1.82) is 0 Å². The summed E-state index contributed by atoms with van der Waals surface area (Å²) in [7, 11) is 2.01. The van der Waals surface area contributed by atoms with Gasteiger partial charge in [-0.05, 0) is 24.5 Å². The van der Waals surface area contributed by atoms with Crippen molar-refractivity contribution in [3.05, 3.63) is 34.2 Å². The molecule has 0 N–H and O–H groups in total. The standard InChI is InChI=1S/C16H18N2OS3/c1-10(2)8-9-18-14(19)13(22-16(18)20)15-17(3)11-6-4-5-7-12(11)21-15/h4-7,10H,8-9H2,1-3H3/b15-13-. The summed E-state index contributed by atoms with van der Waals surface area (Å²) in [6, 6.07) is 8.21. The SMILES string of the molecule is CC(C)CCN1C(=O)/C(=C2/Sc3ccccc3N2C)SC1=S. The summed E-state index contributed by atoms with van der Waals surface area (Å²) in [6.45, 7) is 5.03. The summed E-state index contributed by atoms with van der Waals surface area (Å²) in [5, 5.41) is 0.991. The molecule has 1 aromatic carbocycles. The van der Waals surface area contributed by atoms with Gasteiger partial charge in [0.1, 0.15) is 9.23 Å². The zero-order valence-electron chi connectivity index (χ0n) is 12.8. The van der Waals surface area contributed by atoms with Crippen LogP contribution in [0.3, 0.4) is 0 Å². The summed E-state index contributed by atoms with van der Waals surface area (Å²) in [6.07, 6.45) is 0.970. The van der Waals surface area contributed by atoms with Gasteiger partial charge in [0.2, 0.25) is 0 Å². The van der Waals surface area contributed by atoms with Crippen molar-refractivity contribution in [3.63, 3.8) is 0 Å². The summed E-state index contributed by atoms with van der Waals surface area (Å²) in [4.78, 5) is 18.5. The Hall–Kier alpha value is -0.980. The highest BCUT2D eigenvalue weighted by Gasteiger charge is 2.37. The first-order valence-corrected chi connectivity index (χ1v) is 9.31. The minimum Gasteiger partial charge on any atom is -0.337 e. The van der Waals surface area contributed by atoms with Crippen LogP contribution in [0.15, 0.2) is 39.1 Å². The van der Waals surface area contributed by atoms with Gasteiger partial charge in [-0.3, -0.25) is 9.69 Å². The second-order valence-corrected chi connectivity index (χ2v) is 8.45. The first kappa shape index (κ1) is 15.9. The largest absolute Gasteiger partial charge is 0.337 e. The van der Waals surface area contributed by atoms with Crippen LogP contribution in [0.4, 0.5) is 5.69 Å². The molecule has 0 aromatic heterocycles. The smallest absolute Gasteiger partial charge is 0.268 e. The van der Waals surface area contributed by atoms with Gasteiger partial charge in [0.25, 0.3) is 5.91 Å². The maximum Gasteiger partial charge on any atom is 0.268 e. The second-order valence-electron chi connectivity index (χ2n) is 5.77. The molecule has 1 amide bonds. The maximum atomic E-state index is 12.7. The van der Waals surface area contributed by atoms with Gasteiger partial charge in [0, 0.05) is 18.5 Å². The van der Waals surface area contributed by atoms with Crippen LogP contribution in [-0.2, 0) is 4.79 Å². The molecule has 22 heavy (non-hydrogen) atoms. The van der Waals surface area contributed by atoms with E-state index in [4.69, 9.17) is 12.2 Å². The molecule has 0 spiro atoms. The van der Waals surface area contributed by atoms with Crippen molar-refractivity contribution in [2.45, 2.75) is 25.2 Å². The van der Waals surface area contributed by atoms with Gasteiger partial charge in [-0.15, -0.1) is 0 Å². The van der Waals surface area contributed by atoms with E-state index in [2.05, 4.69) is 30.9 Å². The van der Waals surface area contributed by atoms with Gasteiger partial charge in [-0.25, -0.2) is 0 Å². The Bertz CT molecular complexity index is 669. The first-order chi connectivity index (χ1) is 10.5. The van der Waals surface area contributed by atoms with Crippen LogP contribution < -0.4 is 4.90 Å². The average Bonchev–Trinajstić information content (AvgIpc) is 2.95. The predicted molar refractivity (Wildman–Crippen MR) is 99.1 cm³/mol. The summed E-state index contributed by atoms with van der Waals surface area (Å²) < 4.78 is 0.679. The van der Waals surface area contributed by atoms with Gasteiger partial charge in [0.05, 0.1) is 10.7 Å². The van der Waals surface area contributed by atoms with Gasteiger partial charge in [0.15, 0.2) is 0 Å². The number of carbonyl (C=O) groups is 1. The summed E-state index contributed by atoms with van der Waals surface area (Å²) in [5.74, 6) is 0.614. The Morgan fingerprint density at radius 3 is 2.64 bits per heavy atom. The number of hydrogen-bond donors (Lipinski definition) is 0. The van der Waals surface area contributed by atoms with E-state index >= 15 is 0 Å². The fourth-order valence-corrected chi connectivity index (χ4v) is 5.04. The predicted octanol–water partition coefficient (Wildman–Crippen LogP) is 4.30. The van der Waals surface area contributed by atoms with Crippen LogP contribution in [0.1, 0.15) is 20.3 Å². The fourth-order valence-electron chi connectivity index (χ4n) is 2.41. The Balaban J connectivity index is 1.87. The molecule has 6 heteroatoms.